The van der Waals surface area contributed by atoms with Gasteiger partial charge in [-0.05, 0) is 6.92 Å². The minimum Gasteiger partial charge on any atom is -0.394 e. The molecule has 3 rings (SSSR count). The van der Waals surface area contributed by atoms with Crippen LogP contribution in [-0.2, 0) is 11.3 Å². The number of imidazole rings is 1. The monoisotopic (exact) mass is 311 g/mol. The molecule has 0 aliphatic carbocycles. The molecule has 120 valence electrons. The Kier molecular flexibility index (Phi) is 3.60. The van der Waals surface area contributed by atoms with E-state index in [0.717, 1.165) is 0 Å². The molecule has 3 heterocycles. The first-order valence-corrected chi connectivity index (χ1v) is 6.84. The van der Waals surface area contributed by atoms with Gasteiger partial charge in [0.15, 0.2) is 17.4 Å². The standard InChI is InChI=1S/C12H17N5O5/c1-2-16-10(21)6-9(15-12(16)13)17(4-14-6)11-8(20)7(19)5(3-18)22-11/h4-5,7-8,11,18-20H,2-3H2,1H3,(H2,13,15)/t5-,7-,8-,11-/m1/s1. The first kappa shape index (κ1) is 14.9. The fourth-order valence-electron chi connectivity index (χ4n) is 2.62. The van der Waals surface area contributed by atoms with Crippen molar-refractivity contribution in [3.05, 3.63) is 16.7 Å². The van der Waals surface area contributed by atoms with Crippen molar-refractivity contribution in [1.82, 2.24) is 19.1 Å². The Morgan fingerprint density at radius 1 is 1.41 bits per heavy atom. The SMILES string of the molecule is CCn1c(N)nc2c(ncn2[C@@H]2O[C@H](CO)[C@@H](O)[C@H]2O)c1=O. The van der Waals surface area contributed by atoms with E-state index in [4.69, 9.17) is 15.6 Å². The fraction of sp³-hybridized carbons (Fsp3) is 0.583. The molecule has 4 atom stereocenters. The molecule has 10 heteroatoms. The Hall–Kier alpha value is -2.01. The molecule has 0 unspecified atom stereocenters. The maximum atomic E-state index is 12.2. The maximum Gasteiger partial charge on any atom is 0.283 e. The van der Waals surface area contributed by atoms with Crippen molar-refractivity contribution in [2.75, 3.05) is 12.3 Å². The molecule has 0 amide bonds. The molecular weight excluding hydrogens is 294 g/mol. The molecule has 0 bridgehead atoms. The highest BCUT2D eigenvalue weighted by molar-refractivity contribution is 5.71. The first-order valence-electron chi connectivity index (χ1n) is 6.84. The van der Waals surface area contributed by atoms with Gasteiger partial charge in [-0.2, -0.15) is 4.98 Å². The van der Waals surface area contributed by atoms with Crippen LogP contribution in [0.1, 0.15) is 13.2 Å². The van der Waals surface area contributed by atoms with Crippen molar-refractivity contribution < 1.29 is 20.1 Å². The third kappa shape index (κ3) is 2.00. The van der Waals surface area contributed by atoms with Gasteiger partial charge in [0.2, 0.25) is 5.95 Å². The van der Waals surface area contributed by atoms with Crippen molar-refractivity contribution in [3.63, 3.8) is 0 Å². The average molecular weight is 311 g/mol. The summed E-state index contributed by atoms with van der Waals surface area (Å²) in [5, 5.41) is 29.0. The van der Waals surface area contributed by atoms with E-state index in [9.17, 15) is 15.0 Å². The number of aromatic nitrogens is 4. The van der Waals surface area contributed by atoms with E-state index in [-0.39, 0.29) is 17.1 Å². The second-order valence-corrected chi connectivity index (χ2v) is 5.07. The van der Waals surface area contributed by atoms with E-state index in [2.05, 4.69) is 9.97 Å². The summed E-state index contributed by atoms with van der Waals surface area (Å²) in [5.41, 5.74) is 5.61. The van der Waals surface area contributed by atoms with E-state index in [0.29, 0.717) is 6.54 Å². The number of ether oxygens (including phenoxy) is 1. The van der Waals surface area contributed by atoms with Crippen molar-refractivity contribution in [2.24, 2.45) is 0 Å². The zero-order valence-electron chi connectivity index (χ0n) is 11.8. The largest absolute Gasteiger partial charge is 0.394 e. The molecule has 5 N–H and O–H groups in total. The summed E-state index contributed by atoms with van der Waals surface area (Å²) >= 11 is 0. The Morgan fingerprint density at radius 3 is 2.73 bits per heavy atom. The van der Waals surface area contributed by atoms with Crippen LogP contribution in [0.3, 0.4) is 0 Å². The van der Waals surface area contributed by atoms with Gasteiger partial charge < -0.3 is 25.8 Å². The number of nitrogens with two attached hydrogens (primary N) is 1. The highest BCUT2D eigenvalue weighted by Gasteiger charge is 2.44. The van der Waals surface area contributed by atoms with E-state index in [1.54, 1.807) is 6.92 Å². The van der Waals surface area contributed by atoms with Crippen LogP contribution in [0, 0.1) is 0 Å². The van der Waals surface area contributed by atoms with Crippen LogP contribution in [0.2, 0.25) is 0 Å². The molecule has 0 aromatic carbocycles. The number of hydrogen-bond donors (Lipinski definition) is 4. The summed E-state index contributed by atoms with van der Waals surface area (Å²) in [6, 6.07) is 0. The van der Waals surface area contributed by atoms with E-state index >= 15 is 0 Å². The summed E-state index contributed by atoms with van der Waals surface area (Å²) in [7, 11) is 0. The zero-order chi connectivity index (χ0) is 16.0. The molecule has 1 aliphatic heterocycles. The topological polar surface area (TPSA) is 149 Å². The van der Waals surface area contributed by atoms with Crippen LogP contribution in [-0.4, -0.2) is 59.3 Å². The van der Waals surface area contributed by atoms with Crippen LogP contribution in [0.25, 0.3) is 11.2 Å². The lowest BCUT2D eigenvalue weighted by Crippen LogP contribution is -2.33. The number of anilines is 1. The van der Waals surface area contributed by atoms with Gasteiger partial charge in [0.1, 0.15) is 18.3 Å². The van der Waals surface area contributed by atoms with Crippen molar-refractivity contribution >= 4 is 17.1 Å². The molecule has 1 saturated heterocycles. The van der Waals surface area contributed by atoms with Crippen LogP contribution < -0.4 is 11.3 Å². The van der Waals surface area contributed by atoms with Crippen LogP contribution in [0.15, 0.2) is 11.1 Å². The number of aliphatic hydroxyl groups is 3. The van der Waals surface area contributed by atoms with Crippen molar-refractivity contribution in [2.45, 2.75) is 38.0 Å². The van der Waals surface area contributed by atoms with Gasteiger partial charge in [0, 0.05) is 6.54 Å². The highest BCUT2D eigenvalue weighted by Crippen LogP contribution is 2.30. The Morgan fingerprint density at radius 2 is 2.14 bits per heavy atom. The predicted molar refractivity (Wildman–Crippen MR) is 74.9 cm³/mol. The highest BCUT2D eigenvalue weighted by atomic mass is 16.6. The van der Waals surface area contributed by atoms with Gasteiger partial charge in [-0.15, -0.1) is 0 Å². The average Bonchev–Trinajstić information content (AvgIpc) is 3.02. The van der Waals surface area contributed by atoms with Crippen molar-refractivity contribution in [3.8, 4) is 0 Å². The number of nitrogen functional groups attached to an aromatic ring is 1. The Labute approximate surface area is 124 Å². The van der Waals surface area contributed by atoms with Gasteiger partial charge in [-0.1, -0.05) is 0 Å². The normalized spacial score (nSPS) is 28.5. The van der Waals surface area contributed by atoms with Crippen LogP contribution >= 0.6 is 0 Å². The number of hydrogen-bond acceptors (Lipinski definition) is 8. The summed E-state index contributed by atoms with van der Waals surface area (Å²) in [4.78, 5) is 20.4. The molecule has 0 spiro atoms. The maximum absolute atomic E-state index is 12.2. The smallest absolute Gasteiger partial charge is 0.283 e. The summed E-state index contributed by atoms with van der Waals surface area (Å²) in [5.74, 6) is 0.0218. The second-order valence-electron chi connectivity index (χ2n) is 5.07. The minimum absolute atomic E-state index is 0.0218. The Balaban J connectivity index is 2.12. The van der Waals surface area contributed by atoms with E-state index < -0.39 is 36.7 Å². The lowest BCUT2D eigenvalue weighted by molar-refractivity contribution is -0.0511. The minimum atomic E-state index is -1.29. The van der Waals surface area contributed by atoms with Gasteiger partial charge in [-0.3, -0.25) is 13.9 Å². The van der Waals surface area contributed by atoms with Gasteiger partial charge >= 0.3 is 0 Å². The third-order valence-electron chi connectivity index (χ3n) is 3.82. The second kappa shape index (κ2) is 5.32. The molecule has 2 aromatic heterocycles. The number of rotatable bonds is 3. The van der Waals surface area contributed by atoms with Gasteiger partial charge in [0.25, 0.3) is 5.56 Å². The lowest BCUT2D eigenvalue weighted by atomic mass is 10.1. The fourth-order valence-corrected chi connectivity index (χ4v) is 2.62. The van der Waals surface area contributed by atoms with Gasteiger partial charge in [0.05, 0.1) is 12.9 Å². The molecule has 10 nitrogen and oxygen atoms in total. The molecule has 22 heavy (non-hydrogen) atoms. The number of fused-ring (bicyclic) bond motifs is 1. The lowest BCUT2D eigenvalue weighted by Gasteiger charge is -2.16. The molecule has 0 saturated carbocycles. The predicted octanol–water partition coefficient (Wildman–Crippen LogP) is -2.19. The van der Waals surface area contributed by atoms with Crippen molar-refractivity contribution in [1.29, 1.82) is 0 Å². The molecule has 0 radical (unpaired) electrons. The summed E-state index contributed by atoms with van der Waals surface area (Å²) in [6.07, 6.45) is -3.18. The zero-order valence-corrected chi connectivity index (χ0v) is 11.8. The third-order valence-corrected chi connectivity index (χ3v) is 3.82. The Bertz CT molecular complexity index is 756. The van der Waals surface area contributed by atoms with Crippen LogP contribution in [0.5, 0.6) is 0 Å². The first-order chi connectivity index (χ1) is 10.5. The molecule has 2 aromatic rings. The molecule has 1 aliphatic rings. The van der Waals surface area contributed by atoms with E-state index in [1.807, 2.05) is 0 Å². The van der Waals surface area contributed by atoms with Crippen LogP contribution in [0.4, 0.5) is 5.95 Å². The van der Waals surface area contributed by atoms with Gasteiger partial charge in [-0.25, -0.2) is 4.98 Å². The number of aliphatic hydroxyl groups excluding tert-OH is 3. The quantitative estimate of drug-likeness (QED) is 0.499. The number of nitrogens with zero attached hydrogens (tertiary/aromatic N) is 4. The van der Waals surface area contributed by atoms with E-state index in [1.165, 1.54) is 15.5 Å². The molecule has 1 fully saturated rings. The summed E-state index contributed by atoms with van der Waals surface area (Å²) in [6.45, 7) is 1.67. The summed E-state index contributed by atoms with van der Waals surface area (Å²) < 4.78 is 8.01. The molecular formula is C12H17N5O5.